The molecule has 1 atom stereocenters. The number of rotatable bonds is 3. The molecule has 2 aromatic carbocycles. The zero-order chi connectivity index (χ0) is 15.7. The van der Waals surface area contributed by atoms with Gasteiger partial charge in [-0.2, -0.15) is 10.9 Å². The van der Waals surface area contributed by atoms with E-state index >= 15 is 0 Å². The first-order valence-corrected chi connectivity index (χ1v) is 10.2. The molecule has 3 rings (SSSR count). The Labute approximate surface area is 138 Å². The average molecular weight is 350 g/mol. The second-order valence-electron chi connectivity index (χ2n) is 4.96. The van der Waals surface area contributed by atoms with Crippen LogP contribution in [0.4, 0.5) is 0 Å². The molecule has 0 spiro atoms. The van der Waals surface area contributed by atoms with Gasteiger partial charge < -0.3 is 0 Å². The zero-order valence-electron chi connectivity index (χ0n) is 11.8. The van der Waals surface area contributed by atoms with Crippen molar-refractivity contribution < 1.29 is 8.42 Å². The fourth-order valence-electron chi connectivity index (χ4n) is 2.25. The summed E-state index contributed by atoms with van der Waals surface area (Å²) in [6.07, 6.45) is 5.13. The molecular weight excluding hydrogens is 336 g/mol. The van der Waals surface area contributed by atoms with Crippen LogP contribution in [0.5, 0.6) is 0 Å². The molecule has 0 aromatic heterocycles. The van der Waals surface area contributed by atoms with Crippen LogP contribution in [-0.4, -0.2) is 14.7 Å². The number of sulfone groups is 1. The Morgan fingerprint density at radius 2 is 1.82 bits per heavy atom. The third kappa shape index (κ3) is 3.14. The molecule has 22 heavy (non-hydrogen) atoms. The summed E-state index contributed by atoms with van der Waals surface area (Å²) in [6.45, 7) is 0. The predicted octanol–water partition coefficient (Wildman–Crippen LogP) is 4.48. The number of hydrogen-bond acceptors (Lipinski definition) is 2. The van der Waals surface area contributed by atoms with E-state index in [2.05, 4.69) is 5.41 Å². The summed E-state index contributed by atoms with van der Waals surface area (Å²) >= 11 is 5.94. The van der Waals surface area contributed by atoms with E-state index in [4.69, 9.17) is 11.6 Å². The predicted molar refractivity (Wildman–Crippen MR) is 94.0 cm³/mol. The van der Waals surface area contributed by atoms with E-state index in [1.165, 1.54) is 6.26 Å². The summed E-state index contributed by atoms with van der Waals surface area (Å²) in [4.78, 5) is 2.58. The van der Waals surface area contributed by atoms with Gasteiger partial charge in [0.2, 0.25) is 0 Å². The van der Waals surface area contributed by atoms with E-state index < -0.39 is 20.7 Å². The molecule has 1 radical (unpaired) electrons. The molecule has 1 heterocycles. The summed E-state index contributed by atoms with van der Waals surface area (Å²) < 4.78 is 23.5. The molecule has 0 bridgehead atoms. The van der Waals surface area contributed by atoms with Gasteiger partial charge in [0.1, 0.15) is 0 Å². The van der Waals surface area contributed by atoms with Gasteiger partial charge >= 0.3 is 0 Å². The van der Waals surface area contributed by atoms with Crippen LogP contribution in [0.25, 0.3) is 4.91 Å². The van der Waals surface area contributed by atoms with Crippen LogP contribution in [0.15, 0.2) is 70.5 Å². The van der Waals surface area contributed by atoms with Crippen LogP contribution in [0.2, 0.25) is 5.02 Å². The number of allylic oxidation sites excluding steroid dienone is 2. The summed E-state index contributed by atoms with van der Waals surface area (Å²) in [5.41, 5.74) is 0.922. The van der Waals surface area contributed by atoms with Gasteiger partial charge in [-0.15, -0.1) is 0 Å². The maximum atomic E-state index is 11.7. The second-order valence-corrected chi connectivity index (χ2v) is 9.34. The Bertz CT molecular complexity index is 866. The number of benzene rings is 2. The van der Waals surface area contributed by atoms with Gasteiger partial charge in [-0.25, -0.2) is 8.42 Å². The van der Waals surface area contributed by atoms with Crippen molar-refractivity contribution in [1.82, 2.24) is 0 Å². The Balaban J connectivity index is 2.00. The average Bonchev–Trinajstić information content (AvgIpc) is 2.97. The first-order chi connectivity index (χ1) is 10.4. The van der Waals surface area contributed by atoms with E-state index in [1.54, 1.807) is 18.2 Å². The molecule has 1 unspecified atom stereocenters. The lowest BCUT2D eigenvalue weighted by atomic mass is 10.2. The molecule has 113 valence electrons. The molecule has 2 aromatic rings. The van der Waals surface area contributed by atoms with Gasteiger partial charge in [0.05, 0.1) is 4.90 Å². The summed E-state index contributed by atoms with van der Waals surface area (Å²) in [7, 11) is -3.95. The van der Waals surface area contributed by atoms with Crippen molar-refractivity contribution in [2.45, 2.75) is 9.79 Å². The van der Waals surface area contributed by atoms with Crippen LogP contribution in [0, 0.1) is 5.41 Å². The highest BCUT2D eigenvalue weighted by molar-refractivity contribution is 8.26. The first kappa shape index (κ1) is 15.4. The Kier molecular flexibility index (Phi) is 4.17. The van der Waals surface area contributed by atoms with Gasteiger partial charge in [-0.3, -0.25) is 0 Å². The lowest BCUT2D eigenvalue weighted by molar-refractivity contribution is 0.602. The highest BCUT2D eigenvalue weighted by Gasteiger charge is 2.17. The van der Waals surface area contributed by atoms with Crippen molar-refractivity contribution in [1.29, 1.82) is 0 Å². The van der Waals surface area contributed by atoms with Crippen LogP contribution in [-0.2, 0) is 9.84 Å². The van der Waals surface area contributed by atoms with Crippen molar-refractivity contribution >= 4 is 37.2 Å². The minimum atomic E-state index is -3.21. The third-order valence-electron chi connectivity index (χ3n) is 3.33. The molecule has 0 N–H and O–H groups in total. The first-order valence-electron chi connectivity index (χ1n) is 6.61. The number of hydrogen-bond donors (Lipinski definition) is 1. The van der Waals surface area contributed by atoms with Crippen molar-refractivity contribution in [2.75, 3.05) is 6.26 Å². The van der Waals surface area contributed by atoms with Crippen LogP contribution >= 0.6 is 22.5 Å². The summed E-state index contributed by atoms with van der Waals surface area (Å²) in [5, 5.41) is 4.05. The fourth-order valence-corrected chi connectivity index (χ4v) is 4.90. The molecule has 5 heteroatoms. The van der Waals surface area contributed by atoms with Gasteiger partial charge in [0.15, 0.2) is 9.84 Å². The number of halogens is 1. The quantitative estimate of drug-likeness (QED) is 0.829. The Morgan fingerprint density at radius 3 is 2.50 bits per heavy atom. The van der Waals surface area contributed by atoms with Crippen molar-refractivity contribution in [3.05, 3.63) is 76.7 Å². The highest BCUT2D eigenvalue weighted by Crippen LogP contribution is 2.52. The molecule has 0 saturated heterocycles. The zero-order valence-corrected chi connectivity index (χ0v) is 14.3. The minimum Gasteiger partial charge on any atom is -0.224 e. The van der Waals surface area contributed by atoms with E-state index in [9.17, 15) is 8.42 Å². The standard InChI is InChI=1S/C17H14ClO2S2/c1-22(19,20)16-5-2-4-13(12-16)17-6-3-11-21(17)15-9-7-14(18)8-10-15/h2-10,12,21H,1H3. The lowest BCUT2D eigenvalue weighted by Gasteiger charge is -2.19. The monoisotopic (exact) mass is 349 g/mol. The van der Waals surface area contributed by atoms with Crippen molar-refractivity contribution in [2.24, 2.45) is 0 Å². The fraction of sp³-hybridized carbons (Fsp3) is 0.0588. The maximum absolute atomic E-state index is 11.7. The second kappa shape index (κ2) is 5.95. The lowest BCUT2D eigenvalue weighted by Crippen LogP contribution is -1.97. The topological polar surface area (TPSA) is 34.1 Å². The van der Waals surface area contributed by atoms with Crippen LogP contribution in [0.1, 0.15) is 5.56 Å². The molecule has 0 aliphatic carbocycles. The molecule has 0 amide bonds. The van der Waals surface area contributed by atoms with Crippen molar-refractivity contribution in [3.8, 4) is 0 Å². The van der Waals surface area contributed by atoms with E-state index in [-0.39, 0.29) is 0 Å². The van der Waals surface area contributed by atoms with Gasteiger partial charge in [-0.1, -0.05) is 23.7 Å². The molecule has 2 nitrogen and oxygen atoms in total. The van der Waals surface area contributed by atoms with Gasteiger partial charge in [-0.05, 0) is 59.0 Å². The van der Waals surface area contributed by atoms with Gasteiger partial charge in [0.25, 0.3) is 0 Å². The van der Waals surface area contributed by atoms with E-state index in [1.807, 2.05) is 42.5 Å². The summed E-state index contributed by atoms with van der Waals surface area (Å²) in [5.74, 6) is 0. The van der Waals surface area contributed by atoms with E-state index in [0.29, 0.717) is 9.92 Å². The SMILES string of the molecule is CS(=O)(=O)c1cccc(C2=CC=[C][SH]2c2ccc(Cl)cc2)c1. The summed E-state index contributed by atoms with van der Waals surface area (Å²) in [6, 6.07) is 14.8. The maximum Gasteiger partial charge on any atom is 0.175 e. The molecule has 1 aliphatic heterocycles. The molecule has 0 saturated carbocycles. The number of thiol groups is 1. The smallest absolute Gasteiger partial charge is 0.175 e. The normalized spacial score (nSPS) is 19.2. The van der Waals surface area contributed by atoms with Crippen molar-refractivity contribution in [3.63, 3.8) is 0 Å². The Morgan fingerprint density at radius 1 is 1.09 bits per heavy atom. The largest absolute Gasteiger partial charge is 0.224 e. The Hall–Kier alpha value is -1.49. The molecule has 1 aliphatic rings. The van der Waals surface area contributed by atoms with Crippen LogP contribution in [0.3, 0.4) is 0 Å². The van der Waals surface area contributed by atoms with Crippen LogP contribution < -0.4 is 0 Å². The van der Waals surface area contributed by atoms with Gasteiger partial charge in [0, 0.05) is 21.6 Å². The molecule has 0 fully saturated rings. The molecular formula is C17H14ClO2S2. The minimum absolute atomic E-state index is 0.337. The van der Waals surface area contributed by atoms with E-state index in [0.717, 1.165) is 15.4 Å². The highest BCUT2D eigenvalue weighted by atomic mass is 35.5. The third-order valence-corrected chi connectivity index (χ3v) is 6.80.